The molecule has 0 saturated carbocycles. The molecule has 7 heteroatoms. The van der Waals surface area contributed by atoms with E-state index in [-0.39, 0.29) is 6.54 Å². The van der Waals surface area contributed by atoms with Gasteiger partial charge in [-0.3, -0.25) is 14.0 Å². The average Bonchev–Trinajstić information content (AvgIpc) is 2.66. The monoisotopic (exact) mass is 239 g/mol. The summed E-state index contributed by atoms with van der Waals surface area (Å²) in [4.78, 5) is 14.0. The normalized spacial score (nSPS) is 11.1. The van der Waals surface area contributed by atoms with Crippen molar-refractivity contribution in [2.24, 2.45) is 12.8 Å². The summed E-state index contributed by atoms with van der Waals surface area (Å²) in [7, 11) is 1.82. The molecule has 2 rings (SSSR count). The molecule has 0 atom stereocenters. The molecule has 2 aromatic heterocycles. The molecule has 0 aliphatic carbocycles. The van der Waals surface area contributed by atoms with Gasteiger partial charge in [-0.15, -0.1) is 0 Å². The van der Waals surface area contributed by atoms with Crippen molar-refractivity contribution in [3.63, 3.8) is 0 Å². The number of hydrogen-bond donors (Lipinski definition) is 2. The standard InChI is InChI=1S/C9H13N5OS/c1-3-5-7-8(13(2)12-5)14(4-6(10)15)9(16)11-7/h3-4H2,1-2H3,(H2,10,15)(H,11,16). The Bertz CT molecular complexity index is 605. The molecule has 0 aromatic carbocycles. The quantitative estimate of drug-likeness (QED) is 0.764. The molecule has 0 saturated heterocycles. The smallest absolute Gasteiger partial charge is 0.237 e. The second kappa shape index (κ2) is 3.75. The molecule has 86 valence electrons. The van der Waals surface area contributed by atoms with Crippen molar-refractivity contribution in [1.82, 2.24) is 19.3 Å². The van der Waals surface area contributed by atoms with E-state index >= 15 is 0 Å². The lowest BCUT2D eigenvalue weighted by molar-refractivity contribution is -0.118. The van der Waals surface area contributed by atoms with Gasteiger partial charge < -0.3 is 10.7 Å². The molecule has 3 N–H and O–H groups in total. The second-order valence-electron chi connectivity index (χ2n) is 3.61. The first kappa shape index (κ1) is 10.9. The zero-order chi connectivity index (χ0) is 11.9. The fraction of sp³-hybridized carbons (Fsp3) is 0.444. The van der Waals surface area contributed by atoms with Crippen molar-refractivity contribution in [3.8, 4) is 0 Å². The van der Waals surface area contributed by atoms with Crippen molar-refractivity contribution in [3.05, 3.63) is 10.5 Å². The summed E-state index contributed by atoms with van der Waals surface area (Å²) >= 11 is 5.15. The van der Waals surface area contributed by atoms with Gasteiger partial charge >= 0.3 is 0 Å². The highest BCUT2D eigenvalue weighted by Crippen LogP contribution is 2.17. The van der Waals surface area contributed by atoms with Gasteiger partial charge in [0, 0.05) is 7.05 Å². The van der Waals surface area contributed by atoms with Gasteiger partial charge in [0.05, 0.1) is 5.69 Å². The minimum Gasteiger partial charge on any atom is -0.368 e. The van der Waals surface area contributed by atoms with Crippen LogP contribution in [0.15, 0.2) is 0 Å². The van der Waals surface area contributed by atoms with Gasteiger partial charge in [0.15, 0.2) is 10.4 Å². The molecule has 1 amide bonds. The average molecular weight is 239 g/mol. The Hall–Kier alpha value is -1.63. The van der Waals surface area contributed by atoms with Crippen LogP contribution in [0.2, 0.25) is 0 Å². The highest BCUT2D eigenvalue weighted by molar-refractivity contribution is 7.71. The van der Waals surface area contributed by atoms with Gasteiger partial charge in [0.2, 0.25) is 5.91 Å². The Morgan fingerprint density at radius 1 is 1.62 bits per heavy atom. The summed E-state index contributed by atoms with van der Waals surface area (Å²) in [5, 5.41) is 4.34. The molecular weight excluding hydrogens is 226 g/mol. The van der Waals surface area contributed by atoms with E-state index in [2.05, 4.69) is 10.1 Å². The fourth-order valence-electron chi connectivity index (χ4n) is 1.83. The van der Waals surface area contributed by atoms with Gasteiger partial charge in [-0.25, -0.2) is 0 Å². The van der Waals surface area contributed by atoms with Gasteiger partial charge in [0.1, 0.15) is 12.1 Å². The zero-order valence-electron chi connectivity index (χ0n) is 9.15. The summed E-state index contributed by atoms with van der Waals surface area (Å²) in [6, 6.07) is 0. The number of amides is 1. The maximum absolute atomic E-state index is 11.0. The molecule has 6 nitrogen and oxygen atoms in total. The first-order chi connectivity index (χ1) is 7.54. The number of nitrogens with one attached hydrogen (secondary N) is 1. The van der Waals surface area contributed by atoms with E-state index in [1.807, 2.05) is 14.0 Å². The van der Waals surface area contributed by atoms with Crippen LogP contribution in [-0.2, 0) is 24.8 Å². The predicted octanol–water partition coefficient (Wildman–Crippen LogP) is 0.480. The number of rotatable bonds is 3. The second-order valence-corrected chi connectivity index (χ2v) is 3.99. The Morgan fingerprint density at radius 2 is 2.31 bits per heavy atom. The van der Waals surface area contributed by atoms with Crippen LogP contribution in [0.1, 0.15) is 12.6 Å². The van der Waals surface area contributed by atoms with E-state index < -0.39 is 5.91 Å². The number of fused-ring (bicyclic) bond motifs is 1. The van der Waals surface area contributed by atoms with Crippen molar-refractivity contribution < 1.29 is 4.79 Å². The zero-order valence-corrected chi connectivity index (χ0v) is 9.97. The van der Waals surface area contributed by atoms with Gasteiger partial charge in [-0.2, -0.15) is 5.10 Å². The van der Waals surface area contributed by atoms with Gasteiger partial charge in [-0.05, 0) is 18.6 Å². The minimum atomic E-state index is -0.420. The summed E-state index contributed by atoms with van der Waals surface area (Å²) in [6.45, 7) is 2.09. The highest BCUT2D eigenvalue weighted by Gasteiger charge is 2.14. The Labute approximate surface area is 97.0 Å². The number of carbonyl (C=O) groups excluding carboxylic acids is 1. The van der Waals surface area contributed by atoms with Crippen LogP contribution >= 0.6 is 12.2 Å². The highest BCUT2D eigenvalue weighted by atomic mass is 32.1. The lowest BCUT2D eigenvalue weighted by atomic mass is 10.3. The molecule has 0 aliphatic heterocycles. The third-order valence-corrected chi connectivity index (χ3v) is 2.79. The van der Waals surface area contributed by atoms with Gasteiger partial charge in [-0.1, -0.05) is 6.92 Å². The molecular formula is C9H13N5OS. The number of nitrogens with two attached hydrogens (primary N) is 1. The number of aryl methyl sites for hydroxylation is 2. The SMILES string of the molecule is CCc1nn(C)c2c1[nH]c(=S)n2CC(N)=O. The lowest BCUT2D eigenvalue weighted by Gasteiger charge is -2.00. The van der Waals surface area contributed by atoms with Crippen LogP contribution in [-0.4, -0.2) is 25.2 Å². The molecule has 16 heavy (non-hydrogen) atoms. The van der Waals surface area contributed by atoms with Crippen LogP contribution in [0.25, 0.3) is 11.2 Å². The van der Waals surface area contributed by atoms with E-state index in [9.17, 15) is 4.79 Å². The molecule has 0 fully saturated rings. The van der Waals surface area contributed by atoms with Crippen LogP contribution < -0.4 is 5.73 Å². The maximum Gasteiger partial charge on any atom is 0.237 e. The van der Waals surface area contributed by atoms with Crippen molar-refractivity contribution in [2.45, 2.75) is 19.9 Å². The topological polar surface area (TPSA) is 81.6 Å². The number of H-pyrrole nitrogens is 1. The third-order valence-electron chi connectivity index (χ3n) is 2.47. The molecule has 0 spiro atoms. The molecule has 0 radical (unpaired) electrons. The number of carbonyl (C=O) groups is 1. The maximum atomic E-state index is 11.0. The molecule has 2 aromatic rings. The Kier molecular flexibility index (Phi) is 2.55. The van der Waals surface area contributed by atoms with Crippen molar-refractivity contribution >= 4 is 29.3 Å². The van der Waals surface area contributed by atoms with E-state index in [4.69, 9.17) is 18.0 Å². The minimum absolute atomic E-state index is 0.0710. The Balaban J connectivity index is 2.73. The summed E-state index contributed by atoms with van der Waals surface area (Å²) in [5.41, 5.74) is 7.81. The number of aromatic amines is 1. The van der Waals surface area contributed by atoms with E-state index in [0.29, 0.717) is 4.77 Å². The van der Waals surface area contributed by atoms with E-state index in [1.165, 1.54) is 0 Å². The third kappa shape index (κ3) is 1.53. The molecule has 0 aliphatic rings. The molecule has 0 bridgehead atoms. The summed E-state index contributed by atoms with van der Waals surface area (Å²) in [5.74, 6) is -0.420. The van der Waals surface area contributed by atoms with Crippen molar-refractivity contribution in [1.29, 1.82) is 0 Å². The largest absolute Gasteiger partial charge is 0.368 e. The fourth-order valence-corrected chi connectivity index (χ4v) is 2.08. The summed E-state index contributed by atoms with van der Waals surface area (Å²) < 4.78 is 3.87. The van der Waals surface area contributed by atoms with Crippen LogP contribution in [0.5, 0.6) is 0 Å². The molecule has 2 heterocycles. The van der Waals surface area contributed by atoms with Gasteiger partial charge in [0.25, 0.3) is 0 Å². The van der Waals surface area contributed by atoms with E-state index in [1.54, 1.807) is 9.25 Å². The van der Waals surface area contributed by atoms with Crippen molar-refractivity contribution in [2.75, 3.05) is 0 Å². The van der Waals surface area contributed by atoms with Crippen LogP contribution in [0.4, 0.5) is 0 Å². The number of aromatic nitrogens is 4. The van der Waals surface area contributed by atoms with Crippen LogP contribution in [0.3, 0.4) is 0 Å². The Morgan fingerprint density at radius 3 is 2.88 bits per heavy atom. The van der Waals surface area contributed by atoms with E-state index in [0.717, 1.165) is 23.3 Å². The first-order valence-electron chi connectivity index (χ1n) is 4.97. The number of primary amides is 1. The lowest BCUT2D eigenvalue weighted by Crippen LogP contribution is -2.19. The number of imidazole rings is 1. The first-order valence-corrected chi connectivity index (χ1v) is 5.38. The number of nitrogens with zero attached hydrogens (tertiary/aromatic N) is 3. The van der Waals surface area contributed by atoms with Crippen LogP contribution in [0, 0.1) is 4.77 Å². The number of hydrogen-bond acceptors (Lipinski definition) is 3. The molecule has 0 unspecified atom stereocenters. The summed E-state index contributed by atoms with van der Waals surface area (Å²) in [6.07, 6.45) is 0.809. The predicted molar refractivity (Wildman–Crippen MR) is 62.5 cm³/mol.